The third kappa shape index (κ3) is 2.52. The first kappa shape index (κ1) is 13.4. The summed E-state index contributed by atoms with van der Waals surface area (Å²) in [6, 6.07) is 0.812. The van der Waals surface area contributed by atoms with Gasteiger partial charge in [0.2, 0.25) is 11.9 Å². The number of anilines is 1. The molecule has 6 heteroatoms. The fraction of sp³-hybridized carbons (Fsp3) is 0.714. The summed E-state index contributed by atoms with van der Waals surface area (Å²) in [5, 5.41) is 3.49. The fourth-order valence-corrected chi connectivity index (χ4v) is 2.87. The highest BCUT2D eigenvalue weighted by molar-refractivity contribution is 5.80. The molecular formula is C14H23N5O. The van der Waals surface area contributed by atoms with Gasteiger partial charge in [-0.25, -0.2) is 4.98 Å². The van der Waals surface area contributed by atoms with Crippen LogP contribution in [0.2, 0.25) is 0 Å². The van der Waals surface area contributed by atoms with Crippen LogP contribution >= 0.6 is 0 Å². The highest BCUT2D eigenvalue weighted by Crippen LogP contribution is 2.30. The zero-order valence-electron chi connectivity index (χ0n) is 12.5. The van der Waals surface area contributed by atoms with Crippen molar-refractivity contribution >= 4 is 11.9 Å². The van der Waals surface area contributed by atoms with Crippen molar-refractivity contribution in [3.05, 3.63) is 11.9 Å². The van der Waals surface area contributed by atoms with Gasteiger partial charge in [0, 0.05) is 52.7 Å². The Morgan fingerprint density at radius 2 is 2.20 bits per heavy atom. The first-order valence-electron chi connectivity index (χ1n) is 7.27. The van der Waals surface area contributed by atoms with E-state index in [1.54, 1.807) is 0 Å². The molecule has 0 bridgehead atoms. The lowest BCUT2D eigenvalue weighted by atomic mass is 10.2. The zero-order chi connectivity index (χ0) is 14.3. The Bertz CT molecular complexity index is 506. The van der Waals surface area contributed by atoms with Crippen molar-refractivity contribution in [2.75, 3.05) is 25.5 Å². The van der Waals surface area contributed by atoms with Crippen molar-refractivity contribution < 1.29 is 4.79 Å². The van der Waals surface area contributed by atoms with E-state index in [9.17, 15) is 4.79 Å². The molecule has 1 saturated carbocycles. The maximum Gasteiger partial charge on any atom is 0.224 e. The third-order valence-corrected chi connectivity index (χ3v) is 4.18. The molecule has 3 rings (SSSR count). The molecule has 1 aromatic heterocycles. The maximum atomic E-state index is 11.9. The molecule has 110 valence electrons. The van der Waals surface area contributed by atoms with Gasteiger partial charge in [-0.2, -0.15) is 0 Å². The molecule has 1 aromatic rings. The molecule has 2 fully saturated rings. The SMILES string of the molecule is CN(C)c1ncc(CNC2CC(=O)N(C3CC3)C2)n1C. The molecule has 1 unspecified atom stereocenters. The van der Waals surface area contributed by atoms with Gasteiger partial charge in [-0.3, -0.25) is 4.79 Å². The minimum absolute atomic E-state index is 0.279. The number of imidazole rings is 1. The van der Waals surface area contributed by atoms with Crippen LogP contribution in [-0.2, 0) is 18.4 Å². The molecule has 20 heavy (non-hydrogen) atoms. The number of nitrogens with one attached hydrogen (secondary N) is 1. The molecule has 1 amide bonds. The lowest BCUT2D eigenvalue weighted by molar-refractivity contribution is -0.128. The molecule has 0 spiro atoms. The van der Waals surface area contributed by atoms with E-state index >= 15 is 0 Å². The van der Waals surface area contributed by atoms with Crippen LogP contribution in [0, 0.1) is 0 Å². The molecule has 1 aliphatic heterocycles. The molecular weight excluding hydrogens is 254 g/mol. The van der Waals surface area contributed by atoms with Crippen LogP contribution < -0.4 is 10.2 Å². The Hall–Kier alpha value is -1.56. The fourth-order valence-electron chi connectivity index (χ4n) is 2.87. The summed E-state index contributed by atoms with van der Waals surface area (Å²) in [5.74, 6) is 1.26. The van der Waals surface area contributed by atoms with Crippen LogP contribution in [0.3, 0.4) is 0 Å². The van der Waals surface area contributed by atoms with Gasteiger partial charge in [-0.1, -0.05) is 0 Å². The van der Waals surface area contributed by atoms with Crippen molar-refractivity contribution in [2.24, 2.45) is 7.05 Å². The Morgan fingerprint density at radius 1 is 1.45 bits per heavy atom. The van der Waals surface area contributed by atoms with E-state index in [0.717, 1.165) is 24.7 Å². The molecule has 0 radical (unpaired) electrons. The van der Waals surface area contributed by atoms with Crippen molar-refractivity contribution in [3.8, 4) is 0 Å². The summed E-state index contributed by atoms with van der Waals surface area (Å²) in [6.07, 6.45) is 4.91. The van der Waals surface area contributed by atoms with Gasteiger partial charge >= 0.3 is 0 Å². The number of nitrogens with zero attached hydrogens (tertiary/aromatic N) is 4. The Balaban J connectivity index is 1.56. The lowest BCUT2D eigenvalue weighted by Crippen LogP contribution is -2.33. The standard InChI is InChI=1S/C14H23N5O/c1-17(2)14-16-8-12(18(14)3)7-15-10-6-13(20)19(9-10)11-4-5-11/h8,10-11,15H,4-7,9H2,1-3H3. The van der Waals surface area contributed by atoms with E-state index < -0.39 is 0 Å². The number of hydrogen-bond acceptors (Lipinski definition) is 4. The second-order valence-electron chi connectivity index (χ2n) is 6.06. The number of carbonyl (C=O) groups excluding carboxylic acids is 1. The van der Waals surface area contributed by atoms with Crippen LogP contribution in [0.25, 0.3) is 0 Å². The highest BCUT2D eigenvalue weighted by Gasteiger charge is 2.39. The van der Waals surface area contributed by atoms with E-state index in [2.05, 4.69) is 14.9 Å². The predicted molar refractivity (Wildman–Crippen MR) is 77.5 cm³/mol. The summed E-state index contributed by atoms with van der Waals surface area (Å²) in [6.45, 7) is 1.62. The van der Waals surface area contributed by atoms with Crippen LogP contribution in [0.4, 0.5) is 5.95 Å². The molecule has 0 aromatic carbocycles. The van der Waals surface area contributed by atoms with Crippen molar-refractivity contribution in [1.29, 1.82) is 0 Å². The summed E-state index contributed by atoms with van der Waals surface area (Å²) in [4.78, 5) is 20.3. The number of rotatable bonds is 5. The van der Waals surface area contributed by atoms with E-state index in [1.807, 2.05) is 37.1 Å². The van der Waals surface area contributed by atoms with Gasteiger partial charge in [0.25, 0.3) is 0 Å². The second-order valence-corrected chi connectivity index (χ2v) is 6.06. The van der Waals surface area contributed by atoms with Gasteiger partial charge < -0.3 is 19.7 Å². The quantitative estimate of drug-likeness (QED) is 0.843. The minimum Gasteiger partial charge on any atom is -0.348 e. The molecule has 2 aliphatic rings. The smallest absolute Gasteiger partial charge is 0.224 e. The van der Waals surface area contributed by atoms with Crippen LogP contribution in [-0.4, -0.2) is 53.1 Å². The lowest BCUT2D eigenvalue weighted by Gasteiger charge is -2.17. The van der Waals surface area contributed by atoms with Gasteiger partial charge in [0.15, 0.2) is 0 Å². The average Bonchev–Trinajstić information content (AvgIpc) is 3.07. The van der Waals surface area contributed by atoms with Gasteiger partial charge in [0.05, 0.1) is 11.9 Å². The van der Waals surface area contributed by atoms with Crippen LogP contribution in [0.15, 0.2) is 6.20 Å². The molecule has 1 N–H and O–H groups in total. The molecule has 6 nitrogen and oxygen atoms in total. The predicted octanol–water partition coefficient (Wildman–Crippen LogP) is 0.339. The monoisotopic (exact) mass is 277 g/mol. The normalized spacial score (nSPS) is 22.6. The van der Waals surface area contributed by atoms with E-state index in [4.69, 9.17) is 0 Å². The van der Waals surface area contributed by atoms with Gasteiger partial charge in [-0.05, 0) is 12.8 Å². The van der Waals surface area contributed by atoms with Crippen LogP contribution in [0.5, 0.6) is 0 Å². The van der Waals surface area contributed by atoms with Crippen molar-refractivity contribution in [3.63, 3.8) is 0 Å². The van der Waals surface area contributed by atoms with E-state index in [0.29, 0.717) is 18.4 Å². The largest absolute Gasteiger partial charge is 0.348 e. The Kier molecular flexibility index (Phi) is 3.41. The third-order valence-electron chi connectivity index (χ3n) is 4.18. The summed E-state index contributed by atoms with van der Waals surface area (Å²) >= 11 is 0. The summed E-state index contributed by atoms with van der Waals surface area (Å²) < 4.78 is 2.09. The second kappa shape index (κ2) is 5.09. The van der Waals surface area contributed by atoms with Crippen LogP contribution in [0.1, 0.15) is 25.0 Å². The zero-order valence-corrected chi connectivity index (χ0v) is 12.5. The maximum absolute atomic E-state index is 11.9. The van der Waals surface area contributed by atoms with Crippen molar-refractivity contribution in [1.82, 2.24) is 19.8 Å². The van der Waals surface area contributed by atoms with Gasteiger partial charge in [-0.15, -0.1) is 0 Å². The molecule has 2 heterocycles. The molecule has 1 atom stereocenters. The number of amides is 1. The Labute approximate surface area is 119 Å². The number of likely N-dealkylation sites (tertiary alicyclic amines) is 1. The first-order chi connectivity index (χ1) is 9.56. The molecule has 1 saturated heterocycles. The van der Waals surface area contributed by atoms with E-state index in [-0.39, 0.29) is 6.04 Å². The van der Waals surface area contributed by atoms with Gasteiger partial charge in [0.1, 0.15) is 0 Å². The summed E-state index contributed by atoms with van der Waals surface area (Å²) in [7, 11) is 6.00. The first-order valence-corrected chi connectivity index (χ1v) is 7.27. The summed E-state index contributed by atoms with van der Waals surface area (Å²) in [5.41, 5.74) is 1.14. The number of aromatic nitrogens is 2. The number of carbonyl (C=O) groups is 1. The highest BCUT2D eigenvalue weighted by atomic mass is 16.2. The average molecular weight is 277 g/mol. The topological polar surface area (TPSA) is 53.4 Å². The number of hydrogen-bond donors (Lipinski definition) is 1. The Morgan fingerprint density at radius 3 is 2.80 bits per heavy atom. The minimum atomic E-state index is 0.279. The van der Waals surface area contributed by atoms with Crippen molar-refractivity contribution in [2.45, 2.75) is 37.9 Å². The van der Waals surface area contributed by atoms with E-state index in [1.165, 1.54) is 12.8 Å². The molecule has 1 aliphatic carbocycles.